The number of pyridine rings is 1. The first-order valence-electron chi connectivity index (χ1n) is 5.46. The maximum absolute atomic E-state index is 11.3. The third kappa shape index (κ3) is 2.58. The van der Waals surface area contributed by atoms with Crippen molar-refractivity contribution in [2.75, 3.05) is 16.8 Å². The molecule has 8 heteroatoms. The van der Waals surface area contributed by atoms with Crippen LogP contribution in [0.4, 0.5) is 11.5 Å². The van der Waals surface area contributed by atoms with Crippen LogP contribution >= 0.6 is 0 Å². The van der Waals surface area contributed by atoms with Gasteiger partial charge in [-0.15, -0.1) is 0 Å². The van der Waals surface area contributed by atoms with E-state index >= 15 is 0 Å². The predicted octanol–water partition coefficient (Wildman–Crippen LogP) is 0.897. The Morgan fingerprint density at radius 1 is 1.56 bits per heavy atom. The number of rotatable bonds is 3. The van der Waals surface area contributed by atoms with Gasteiger partial charge in [-0.25, -0.2) is 13.4 Å². The standard InChI is InChI=1S/C10H13N3O4S/c1-7-2-4-11-10(9(7)13(14)15)12-8-3-5-18(16,17)6-8/h2,4,8H,3,5-6H2,1H3,(H,11,12). The van der Waals surface area contributed by atoms with Crippen LogP contribution in [-0.2, 0) is 9.84 Å². The van der Waals surface area contributed by atoms with Crippen LogP contribution in [0.5, 0.6) is 0 Å². The van der Waals surface area contributed by atoms with Crippen molar-refractivity contribution >= 4 is 21.3 Å². The molecule has 0 aliphatic carbocycles. The lowest BCUT2D eigenvalue weighted by Crippen LogP contribution is -2.22. The van der Waals surface area contributed by atoms with E-state index in [0.717, 1.165) is 0 Å². The largest absolute Gasteiger partial charge is 0.361 e. The number of hydrogen-bond donors (Lipinski definition) is 1. The average molecular weight is 271 g/mol. The van der Waals surface area contributed by atoms with Gasteiger partial charge in [0.1, 0.15) is 0 Å². The van der Waals surface area contributed by atoms with Gasteiger partial charge in [-0.05, 0) is 19.4 Å². The molecule has 1 aliphatic heterocycles. The summed E-state index contributed by atoms with van der Waals surface area (Å²) in [5, 5.41) is 13.8. The minimum absolute atomic E-state index is 0.000222. The quantitative estimate of drug-likeness (QED) is 0.647. The molecule has 0 amide bonds. The number of nitrogens with one attached hydrogen (secondary N) is 1. The first-order valence-corrected chi connectivity index (χ1v) is 7.28. The van der Waals surface area contributed by atoms with Crippen LogP contribution in [0.25, 0.3) is 0 Å². The van der Waals surface area contributed by atoms with E-state index in [2.05, 4.69) is 10.3 Å². The molecule has 7 nitrogen and oxygen atoms in total. The molecule has 0 bridgehead atoms. The monoisotopic (exact) mass is 271 g/mol. The third-order valence-electron chi connectivity index (χ3n) is 2.88. The Hall–Kier alpha value is -1.70. The lowest BCUT2D eigenvalue weighted by molar-refractivity contribution is -0.384. The molecule has 1 atom stereocenters. The SMILES string of the molecule is Cc1ccnc(NC2CCS(=O)(=O)C2)c1[N+](=O)[O-]. The van der Waals surface area contributed by atoms with E-state index < -0.39 is 14.8 Å². The van der Waals surface area contributed by atoms with E-state index in [1.165, 1.54) is 6.20 Å². The molecule has 1 aliphatic rings. The first-order chi connectivity index (χ1) is 8.39. The van der Waals surface area contributed by atoms with Crippen molar-refractivity contribution in [2.24, 2.45) is 0 Å². The normalized spacial score (nSPS) is 21.7. The van der Waals surface area contributed by atoms with Gasteiger partial charge < -0.3 is 5.32 Å². The van der Waals surface area contributed by atoms with Gasteiger partial charge in [0.2, 0.25) is 5.82 Å². The second-order valence-electron chi connectivity index (χ2n) is 4.33. The fourth-order valence-electron chi connectivity index (χ4n) is 1.99. The second kappa shape index (κ2) is 4.52. The summed E-state index contributed by atoms with van der Waals surface area (Å²) in [6, 6.07) is 1.25. The van der Waals surface area contributed by atoms with E-state index in [-0.39, 0.29) is 29.1 Å². The highest BCUT2D eigenvalue weighted by Gasteiger charge is 2.30. The Balaban J connectivity index is 2.25. The molecule has 0 spiro atoms. The summed E-state index contributed by atoms with van der Waals surface area (Å²) in [7, 11) is -3.02. The van der Waals surface area contributed by atoms with Gasteiger partial charge in [0.25, 0.3) is 0 Å². The number of aryl methyl sites for hydroxylation is 1. The smallest absolute Gasteiger partial charge is 0.314 e. The third-order valence-corrected chi connectivity index (χ3v) is 4.65. The highest BCUT2D eigenvalue weighted by molar-refractivity contribution is 7.91. The molecule has 18 heavy (non-hydrogen) atoms. The minimum Gasteiger partial charge on any atom is -0.361 e. The maximum atomic E-state index is 11.3. The maximum Gasteiger partial charge on any atom is 0.314 e. The first kappa shape index (κ1) is 12.7. The average Bonchev–Trinajstić information content (AvgIpc) is 2.57. The van der Waals surface area contributed by atoms with E-state index in [4.69, 9.17) is 0 Å². The van der Waals surface area contributed by atoms with Crippen molar-refractivity contribution in [3.63, 3.8) is 0 Å². The van der Waals surface area contributed by atoms with E-state index in [0.29, 0.717) is 12.0 Å². The fourth-order valence-corrected chi connectivity index (χ4v) is 3.66. The minimum atomic E-state index is -3.02. The van der Waals surface area contributed by atoms with Crippen molar-refractivity contribution in [2.45, 2.75) is 19.4 Å². The number of anilines is 1. The fraction of sp³-hybridized carbons (Fsp3) is 0.500. The second-order valence-corrected chi connectivity index (χ2v) is 6.56. The number of hydrogen-bond acceptors (Lipinski definition) is 6. The summed E-state index contributed by atoms with van der Waals surface area (Å²) in [5.74, 6) is 0.256. The molecule has 2 heterocycles. The molecule has 1 fully saturated rings. The Kier molecular flexibility index (Phi) is 3.20. The molecule has 1 aromatic heterocycles. The van der Waals surface area contributed by atoms with Crippen molar-refractivity contribution in [3.05, 3.63) is 27.9 Å². The van der Waals surface area contributed by atoms with Gasteiger partial charge in [0, 0.05) is 17.8 Å². The van der Waals surface area contributed by atoms with Gasteiger partial charge in [-0.2, -0.15) is 0 Å². The van der Waals surface area contributed by atoms with Crippen LogP contribution in [-0.4, -0.2) is 35.9 Å². The Bertz CT molecular complexity index is 585. The van der Waals surface area contributed by atoms with Gasteiger partial charge >= 0.3 is 5.69 Å². The van der Waals surface area contributed by atoms with Gasteiger partial charge in [0.15, 0.2) is 9.84 Å². The highest BCUT2D eigenvalue weighted by Crippen LogP contribution is 2.27. The molecule has 2 rings (SSSR count). The molecule has 0 radical (unpaired) electrons. The zero-order valence-electron chi connectivity index (χ0n) is 9.79. The zero-order valence-corrected chi connectivity index (χ0v) is 10.6. The van der Waals surface area contributed by atoms with Crippen molar-refractivity contribution < 1.29 is 13.3 Å². The zero-order chi connectivity index (χ0) is 13.3. The molecule has 1 N–H and O–H groups in total. The summed E-state index contributed by atoms with van der Waals surface area (Å²) in [6.07, 6.45) is 1.92. The summed E-state index contributed by atoms with van der Waals surface area (Å²) in [4.78, 5) is 14.4. The van der Waals surface area contributed by atoms with Crippen LogP contribution < -0.4 is 5.32 Å². The summed E-state index contributed by atoms with van der Waals surface area (Å²) in [6.45, 7) is 1.62. The summed E-state index contributed by atoms with van der Waals surface area (Å²) in [5.41, 5.74) is 0.403. The van der Waals surface area contributed by atoms with E-state index in [9.17, 15) is 18.5 Å². The Morgan fingerprint density at radius 3 is 2.83 bits per heavy atom. The van der Waals surface area contributed by atoms with E-state index in [1.54, 1.807) is 13.0 Å². The van der Waals surface area contributed by atoms with Gasteiger partial charge in [-0.3, -0.25) is 10.1 Å². The Morgan fingerprint density at radius 2 is 2.28 bits per heavy atom. The van der Waals surface area contributed by atoms with Crippen LogP contribution in [0.2, 0.25) is 0 Å². The van der Waals surface area contributed by atoms with Gasteiger partial charge in [-0.1, -0.05) is 0 Å². The highest BCUT2D eigenvalue weighted by atomic mass is 32.2. The predicted molar refractivity (Wildman–Crippen MR) is 66.3 cm³/mol. The van der Waals surface area contributed by atoms with Crippen LogP contribution in [0, 0.1) is 17.0 Å². The summed E-state index contributed by atoms with van der Waals surface area (Å²) >= 11 is 0. The van der Waals surface area contributed by atoms with Gasteiger partial charge in [0.05, 0.1) is 16.4 Å². The molecule has 1 saturated heterocycles. The summed E-state index contributed by atoms with van der Waals surface area (Å²) < 4.78 is 22.6. The lowest BCUT2D eigenvalue weighted by Gasteiger charge is -2.12. The van der Waals surface area contributed by atoms with Crippen LogP contribution in [0.3, 0.4) is 0 Å². The molecule has 0 aromatic carbocycles. The molecule has 98 valence electrons. The molecule has 1 unspecified atom stereocenters. The van der Waals surface area contributed by atoms with E-state index in [1.807, 2.05) is 0 Å². The topological polar surface area (TPSA) is 102 Å². The Labute approximate surface area is 104 Å². The lowest BCUT2D eigenvalue weighted by atomic mass is 10.2. The van der Waals surface area contributed by atoms with Crippen molar-refractivity contribution in [3.8, 4) is 0 Å². The van der Waals surface area contributed by atoms with Crippen LogP contribution in [0.1, 0.15) is 12.0 Å². The number of nitro groups is 1. The number of aromatic nitrogens is 1. The molecular weight excluding hydrogens is 258 g/mol. The molecule has 1 aromatic rings. The molecule has 0 saturated carbocycles. The van der Waals surface area contributed by atoms with Crippen molar-refractivity contribution in [1.82, 2.24) is 4.98 Å². The number of sulfone groups is 1. The molecular formula is C10H13N3O4S. The number of nitrogens with zero attached hydrogens (tertiary/aromatic N) is 2. The van der Waals surface area contributed by atoms with Crippen LogP contribution in [0.15, 0.2) is 12.3 Å². The van der Waals surface area contributed by atoms with Crippen molar-refractivity contribution in [1.29, 1.82) is 0 Å².